The van der Waals surface area contributed by atoms with Crippen LogP contribution in [0.2, 0.25) is 0 Å². The first kappa shape index (κ1) is 16.7. The number of carbonyl (C=O) groups is 1. The Balaban J connectivity index is 1.79. The number of rotatable bonds is 5. The second-order valence-corrected chi connectivity index (χ2v) is 6.48. The van der Waals surface area contributed by atoms with E-state index in [0.29, 0.717) is 6.04 Å². The van der Waals surface area contributed by atoms with Crippen LogP contribution in [0.15, 0.2) is 49.1 Å². The summed E-state index contributed by atoms with van der Waals surface area (Å²) >= 11 is 0. The molecular formula is C19H26N4O. The van der Waals surface area contributed by atoms with Crippen LogP contribution in [-0.4, -0.2) is 51.9 Å². The molecule has 2 aromatic rings. The lowest BCUT2D eigenvalue weighted by atomic mass is 10.0. The van der Waals surface area contributed by atoms with Crippen molar-refractivity contribution in [3.63, 3.8) is 0 Å². The van der Waals surface area contributed by atoms with Crippen LogP contribution in [-0.2, 0) is 4.79 Å². The maximum Gasteiger partial charge on any atom is 0.244 e. The highest BCUT2D eigenvalue weighted by atomic mass is 16.2. The molecule has 128 valence electrons. The molecule has 0 radical (unpaired) electrons. The van der Waals surface area contributed by atoms with Crippen molar-refractivity contribution in [2.75, 3.05) is 26.7 Å². The van der Waals surface area contributed by atoms with Gasteiger partial charge in [-0.3, -0.25) is 9.69 Å². The highest BCUT2D eigenvalue weighted by Gasteiger charge is 2.32. The topological polar surface area (TPSA) is 41.4 Å². The zero-order chi connectivity index (χ0) is 16.9. The van der Waals surface area contributed by atoms with Crippen LogP contribution in [0, 0.1) is 0 Å². The van der Waals surface area contributed by atoms with Crippen LogP contribution in [0.3, 0.4) is 0 Å². The van der Waals surface area contributed by atoms with E-state index in [1.54, 1.807) is 6.20 Å². The first-order valence-corrected chi connectivity index (χ1v) is 8.72. The second-order valence-electron chi connectivity index (χ2n) is 6.48. The molecule has 1 amide bonds. The lowest BCUT2D eigenvalue weighted by molar-refractivity contribution is -0.138. The van der Waals surface area contributed by atoms with Crippen molar-refractivity contribution >= 4 is 5.91 Å². The Morgan fingerprint density at radius 2 is 2.17 bits per heavy atom. The van der Waals surface area contributed by atoms with Gasteiger partial charge in [0, 0.05) is 25.5 Å². The van der Waals surface area contributed by atoms with Gasteiger partial charge in [0.1, 0.15) is 6.04 Å². The Bertz CT molecular complexity index is 641. The van der Waals surface area contributed by atoms with Gasteiger partial charge >= 0.3 is 0 Å². The maximum absolute atomic E-state index is 13.3. The number of hydrogen-bond acceptors (Lipinski definition) is 3. The van der Waals surface area contributed by atoms with Crippen LogP contribution in [0.5, 0.6) is 0 Å². The van der Waals surface area contributed by atoms with Gasteiger partial charge in [-0.2, -0.15) is 0 Å². The Kier molecular flexibility index (Phi) is 5.30. The minimum Gasteiger partial charge on any atom is -0.339 e. The van der Waals surface area contributed by atoms with Crippen LogP contribution < -0.4 is 0 Å². The van der Waals surface area contributed by atoms with E-state index >= 15 is 0 Å². The number of likely N-dealkylation sites (tertiary alicyclic amines) is 1. The predicted octanol–water partition coefficient (Wildman–Crippen LogP) is 2.74. The zero-order valence-electron chi connectivity index (χ0n) is 14.5. The normalized spacial score (nSPS) is 19.5. The molecule has 0 saturated carbocycles. The molecule has 0 aliphatic carbocycles. The Labute approximate surface area is 143 Å². The lowest BCUT2D eigenvalue weighted by Gasteiger charge is -2.37. The van der Waals surface area contributed by atoms with E-state index in [4.69, 9.17) is 0 Å². The number of carbonyl (C=O) groups excluding carboxylic acids is 1. The molecular weight excluding hydrogens is 300 g/mol. The summed E-state index contributed by atoms with van der Waals surface area (Å²) in [6.07, 6.45) is 7.78. The van der Waals surface area contributed by atoms with E-state index < -0.39 is 0 Å². The lowest BCUT2D eigenvalue weighted by Crippen LogP contribution is -2.46. The smallest absolute Gasteiger partial charge is 0.244 e. The standard InChI is InChI=1S/C19H26N4O/c1-3-21(2)18(16-8-5-4-6-9-16)19(24)22-12-7-10-17(14-22)23-13-11-20-15-23/h4-6,8-9,11,13,15,17-18H,3,7,10,12,14H2,1-2H3. The average Bonchev–Trinajstić information content (AvgIpc) is 3.17. The van der Waals surface area contributed by atoms with Gasteiger partial charge in [0.05, 0.1) is 12.4 Å². The molecule has 1 saturated heterocycles. The van der Waals surface area contributed by atoms with Gasteiger partial charge in [-0.1, -0.05) is 37.3 Å². The summed E-state index contributed by atoms with van der Waals surface area (Å²) in [5.74, 6) is 0.204. The minimum atomic E-state index is -0.210. The highest BCUT2D eigenvalue weighted by Crippen LogP contribution is 2.27. The van der Waals surface area contributed by atoms with Crippen LogP contribution >= 0.6 is 0 Å². The molecule has 1 aliphatic heterocycles. The first-order valence-electron chi connectivity index (χ1n) is 8.72. The molecule has 2 heterocycles. The number of benzene rings is 1. The van der Waals surface area contributed by atoms with Crippen LogP contribution in [0.4, 0.5) is 0 Å². The third-order valence-electron chi connectivity index (χ3n) is 4.94. The summed E-state index contributed by atoms with van der Waals surface area (Å²) in [6, 6.07) is 10.2. The molecule has 2 unspecified atom stereocenters. The van der Waals surface area contributed by atoms with E-state index in [1.165, 1.54) is 0 Å². The Morgan fingerprint density at radius 1 is 1.38 bits per heavy atom. The monoisotopic (exact) mass is 326 g/mol. The van der Waals surface area contributed by atoms with Gasteiger partial charge in [0.2, 0.25) is 5.91 Å². The molecule has 2 atom stereocenters. The minimum absolute atomic E-state index is 0.204. The number of hydrogen-bond donors (Lipinski definition) is 0. The third-order valence-corrected chi connectivity index (χ3v) is 4.94. The van der Waals surface area contributed by atoms with E-state index in [0.717, 1.165) is 38.0 Å². The summed E-state index contributed by atoms with van der Waals surface area (Å²) in [4.78, 5) is 21.6. The van der Waals surface area contributed by atoms with Crippen molar-refractivity contribution in [1.29, 1.82) is 0 Å². The van der Waals surface area contributed by atoms with Crippen molar-refractivity contribution in [2.24, 2.45) is 0 Å². The SMILES string of the molecule is CCN(C)C(C(=O)N1CCCC(n2ccnc2)C1)c1ccccc1. The number of aromatic nitrogens is 2. The molecule has 3 rings (SSSR count). The summed E-state index contributed by atoms with van der Waals surface area (Å²) in [6.45, 7) is 4.53. The van der Waals surface area contributed by atoms with Crippen molar-refractivity contribution in [3.8, 4) is 0 Å². The third kappa shape index (κ3) is 3.51. The van der Waals surface area contributed by atoms with Gasteiger partial charge in [-0.05, 0) is 32.0 Å². The first-order chi connectivity index (χ1) is 11.7. The largest absolute Gasteiger partial charge is 0.339 e. The summed E-state index contributed by atoms with van der Waals surface area (Å²) in [5, 5.41) is 0. The van der Waals surface area contributed by atoms with E-state index in [1.807, 2.05) is 54.8 Å². The van der Waals surface area contributed by atoms with Gasteiger partial charge in [-0.25, -0.2) is 4.98 Å². The van der Waals surface area contributed by atoms with Gasteiger partial charge in [0.15, 0.2) is 0 Å². The Morgan fingerprint density at radius 3 is 2.83 bits per heavy atom. The van der Waals surface area contributed by atoms with Crippen molar-refractivity contribution < 1.29 is 4.79 Å². The van der Waals surface area contributed by atoms with Crippen LogP contribution in [0.1, 0.15) is 37.4 Å². The molecule has 1 fully saturated rings. The molecule has 0 bridgehead atoms. The van der Waals surface area contributed by atoms with Crippen molar-refractivity contribution in [1.82, 2.24) is 19.4 Å². The maximum atomic E-state index is 13.3. The molecule has 5 heteroatoms. The number of imidazole rings is 1. The number of amides is 1. The van der Waals surface area contributed by atoms with E-state index in [2.05, 4.69) is 21.4 Å². The molecule has 0 N–H and O–H groups in total. The van der Waals surface area contributed by atoms with Gasteiger partial charge < -0.3 is 9.47 Å². The molecule has 1 aromatic heterocycles. The summed E-state index contributed by atoms with van der Waals surface area (Å²) in [7, 11) is 2.02. The Hall–Kier alpha value is -2.14. The predicted molar refractivity (Wildman–Crippen MR) is 94.6 cm³/mol. The fraction of sp³-hybridized carbons (Fsp3) is 0.474. The van der Waals surface area contributed by atoms with E-state index in [-0.39, 0.29) is 11.9 Å². The summed E-state index contributed by atoms with van der Waals surface area (Å²) < 4.78 is 2.13. The van der Waals surface area contributed by atoms with Crippen molar-refractivity contribution in [2.45, 2.75) is 31.8 Å². The zero-order valence-corrected chi connectivity index (χ0v) is 14.5. The van der Waals surface area contributed by atoms with Gasteiger partial charge in [-0.15, -0.1) is 0 Å². The highest BCUT2D eigenvalue weighted by molar-refractivity contribution is 5.83. The quantitative estimate of drug-likeness (QED) is 0.848. The number of nitrogens with zero attached hydrogens (tertiary/aromatic N) is 4. The number of likely N-dealkylation sites (N-methyl/N-ethyl adjacent to an activating group) is 1. The average molecular weight is 326 g/mol. The molecule has 1 aromatic carbocycles. The fourth-order valence-electron chi connectivity index (χ4n) is 3.46. The molecule has 1 aliphatic rings. The van der Waals surface area contributed by atoms with Crippen molar-refractivity contribution in [3.05, 3.63) is 54.6 Å². The van der Waals surface area contributed by atoms with Crippen LogP contribution in [0.25, 0.3) is 0 Å². The summed E-state index contributed by atoms with van der Waals surface area (Å²) in [5.41, 5.74) is 1.07. The second kappa shape index (κ2) is 7.62. The fourth-order valence-corrected chi connectivity index (χ4v) is 3.46. The molecule has 24 heavy (non-hydrogen) atoms. The molecule has 5 nitrogen and oxygen atoms in total. The van der Waals surface area contributed by atoms with E-state index in [9.17, 15) is 4.79 Å². The number of piperidine rings is 1. The van der Waals surface area contributed by atoms with Gasteiger partial charge in [0.25, 0.3) is 0 Å². The molecule has 0 spiro atoms.